The predicted octanol–water partition coefficient (Wildman–Crippen LogP) is 2.51. The molecule has 2 N–H and O–H groups in total. The minimum atomic E-state index is -0.0472. The number of carbonyl (C=O) groups excluding carboxylic acids is 2. The molecule has 2 rings (SSSR count). The number of Topliss-reactive ketones (excluding diaryl/α,β-unsaturated/α-hetero) is 1. The Morgan fingerprint density at radius 2 is 2.28 bits per heavy atom. The average molecular weight is 264 g/mol. The summed E-state index contributed by atoms with van der Waals surface area (Å²) in [7, 11) is 0. The monoisotopic (exact) mass is 264 g/mol. The summed E-state index contributed by atoms with van der Waals surface area (Å²) >= 11 is 1.56. The maximum absolute atomic E-state index is 11.6. The molecule has 0 aromatic heterocycles. The van der Waals surface area contributed by atoms with Gasteiger partial charge in [-0.2, -0.15) is 0 Å². The van der Waals surface area contributed by atoms with Crippen molar-refractivity contribution in [1.82, 2.24) is 0 Å². The second-order valence-electron chi connectivity index (χ2n) is 4.34. The molecule has 0 bridgehead atoms. The molecule has 1 atom stereocenters. The number of hydrogen-bond donors (Lipinski definition) is 2. The van der Waals surface area contributed by atoms with E-state index in [1.54, 1.807) is 18.7 Å². The van der Waals surface area contributed by atoms with Crippen LogP contribution in [-0.4, -0.2) is 23.5 Å². The molecule has 5 heteroatoms. The Bertz CT molecular complexity index is 488. The van der Waals surface area contributed by atoms with Gasteiger partial charge in [0.15, 0.2) is 0 Å². The molecule has 4 nitrogen and oxygen atoms in total. The summed E-state index contributed by atoms with van der Waals surface area (Å²) in [5.74, 6) is 0.200. The maximum atomic E-state index is 11.6. The fourth-order valence-corrected chi connectivity index (χ4v) is 2.63. The first-order valence-electron chi connectivity index (χ1n) is 5.91. The van der Waals surface area contributed by atoms with E-state index in [9.17, 15) is 9.59 Å². The molecular weight excluding hydrogens is 248 g/mol. The highest BCUT2D eigenvalue weighted by atomic mass is 32.2. The van der Waals surface area contributed by atoms with Gasteiger partial charge in [-0.1, -0.05) is 0 Å². The molecule has 96 valence electrons. The Hall–Kier alpha value is -1.49. The SMILES string of the molecule is CC(=O)CCNc1ccc2c(c1)NC(=O)C(C)S2. The molecule has 0 radical (unpaired) electrons. The van der Waals surface area contributed by atoms with Gasteiger partial charge in [-0.15, -0.1) is 11.8 Å². The number of benzene rings is 1. The van der Waals surface area contributed by atoms with E-state index >= 15 is 0 Å². The standard InChI is InChI=1S/C13H16N2O2S/c1-8(16)5-6-14-10-3-4-12-11(7-10)15-13(17)9(2)18-12/h3-4,7,9,14H,5-6H2,1-2H3,(H,15,17). The fourth-order valence-electron chi connectivity index (χ4n) is 1.70. The second-order valence-corrected chi connectivity index (χ2v) is 5.72. The van der Waals surface area contributed by atoms with Crippen LogP contribution in [0, 0.1) is 0 Å². The third kappa shape index (κ3) is 3.04. The summed E-state index contributed by atoms with van der Waals surface area (Å²) < 4.78 is 0. The molecule has 1 aromatic carbocycles. The third-order valence-corrected chi connectivity index (χ3v) is 3.89. The number of hydrogen-bond acceptors (Lipinski definition) is 4. The molecule has 1 aromatic rings. The predicted molar refractivity (Wildman–Crippen MR) is 74.2 cm³/mol. The van der Waals surface area contributed by atoms with Crippen LogP contribution >= 0.6 is 11.8 Å². The van der Waals surface area contributed by atoms with Gasteiger partial charge in [0.25, 0.3) is 0 Å². The highest BCUT2D eigenvalue weighted by Crippen LogP contribution is 2.36. The summed E-state index contributed by atoms with van der Waals surface area (Å²) in [5, 5.41) is 6.01. The molecule has 0 saturated heterocycles. The van der Waals surface area contributed by atoms with Crippen molar-refractivity contribution >= 4 is 34.8 Å². The highest BCUT2D eigenvalue weighted by Gasteiger charge is 2.22. The zero-order chi connectivity index (χ0) is 13.1. The topological polar surface area (TPSA) is 58.2 Å². The Labute approximate surface area is 111 Å². The van der Waals surface area contributed by atoms with Gasteiger partial charge in [-0.25, -0.2) is 0 Å². The molecule has 1 aliphatic heterocycles. The number of fused-ring (bicyclic) bond motifs is 1. The minimum Gasteiger partial charge on any atom is -0.385 e. The van der Waals surface area contributed by atoms with Crippen molar-refractivity contribution in [3.05, 3.63) is 18.2 Å². The van der Waals surface area contributed by atoms with E-state index in [0.717, 1.165) is 16.3 Å². The molecule has 0 fully saturated rings. The number of ketones is 1. The van der Waals surface area contributed by atoms with Crippen molar-refractivity contribution in [2.45, 2.75) is 30.4 Å². The quantitative estimate of drug-likeness (QED) is 0.877. The van der Waals surface area contributed by atoms with Gasteiger partial charge >= 0.3 is 0 Å². The van der Waals surface area contributed by atoms with Crippen LogP contribution in [0.2, 0.25) is 0 Å². The smallest absolute Gasteiger partial charge is 0.237 e. The zero-order valence-corrected chi connectivity index (χ0v) is 11.3. The van der Waals surface area contributed by atoms with Crippen LogP contribution in [0.1, 0.15) is 20.3 Å². The average Bonchev–Trinajstić information content (AvgIpc) is 2.30. The first-order valence-corrected chi connectivity index (χ1v) is 6.79. The molecule has 1 amide bonds. The second kappa shape index (κ2) is 5.44. The van der Waals surface area contributed by atoms with Crippen LogP contribution in [0.3, 0.4) is 0 Å². The van der Waals surface area contributed by atoms with Gasteiger partial charge < -0.3 is 10.6 Å². The minimum absolute atomic E-state index is 0.0355. The third-order valence-electron chi connectivity index (χ3n) is 2.72. The van der Waals surface area contributed by atoms with E-state index in [2.05, 4.69) is 10.6 Å². The van der Waals surface area contributed by atoms with Crippen molar-refractivity contribution in [1.29, 1.82) is 0 Å². The first-order chi connectivity index (χ1) is 8.56. The van der Waals surface area contributed by atoms with Crippen LogP contribution in [0.4, 0.5) is 11.4 Å². The summed E-state index contributed by atoms with van der Waals surface area (Å²) in [6.45, 7) is 4.08. The summed E-state index contributed by atoms with van der Waals surface area (Å²) in [6.07, 6.45) is 0.509. The molecule has 1 aliphatic rings. The molecule has 0 spiro atoms. The van der Waals surface area contributed by atoms with E-state index in [-0.39, 0.29) is 16.9 Å². The first kappa shape index (κ1) is 13.0. The molecule has 0 aliphatic carbocycles. The number of carbonyl (C=O) groups is 2. The van der Waals surface area contributed by atoms with E-state index in [1.807, 2.05) is 25.1 Å². The molecule has 0 saturated carbocycles. The Morgan fingerprint density at radius 3 is 3.00 bits per heavy atom. The lowest BCUT2D eigenvalue weighted by atomic mass is 10.2. The Morgan fingerprint density at radius 1 is 1.50 bits per heavy atom. The van der Waals surface area contributed by atoms with E-state index in [4.69, 9.17) is 0 Å². The maximum Gasteiger partial charge on any atom is 0.237 e. The van der Waals surface area contributed by atoms with Crippen LogP contribution in [0.15, 0.2) is 23.1 Å². The van der Waals surface area contributed by atoms with Gasteiger partial charge in [-0.3, -0.25) is 9.59 Å². The molecule has 18 heavy (non-hydrogen) atoms. The number of amides is 1. The van der Waals surface area contributed by atoms with E-state index in [0.29, 0.717) is 13.0 Å². The number of nitrogens with one attached hydrogen (secondary N) is 2. The van der Waals surface area contributed by atoms with Crippen molar-refractivity contribution in [3.8, 4) is 0 Å². The lowest BCUT2D eigenvalue weighted by molar-refractivity contribution is -0.117. The number of anilines is 2. The summed E-state index contributed by atoms with van der Waals surface area (Å²) in [6, 6.07) is 5.87. The van der Waals surface area contributed by atoms with Crippen LogP contribution < -0.4 is 10.6 Å². The van der Waals surface area contributed by atoms with Crippen LogP contribution in [-0.2, 0) is 9.59 Å². The van der Waals surface area contributed by atoms with Crippen molar-refractivity contribution in [2.75, 3.05) is 17.2 Å². The van der Waals surface area contributed by atoms with Gasteiger partial charge in [0.2, 0.25) is 5.91 Å². The van der Waals surface area contributed by atoms with Gasteiger partial charge in [0.1, 0.15) is 5.78 Å². The zero-order valence-electron chi connectivity index (χ0n) is 10.4. The summed E-state index contributed by atoms with van der Waals surface area (Å²) in [5.41, 5.74) is 1.77. The molecule has 1 heterocycles. The van der Waals surface area contributed by atoms with Crippen LogP contribution in [0.25, 0.3) is 0 Å². The highest BCUT2D eigenvalue weighted by molar-refractivity contribution is 8.00. The number of rotatable bonds is 4. The Kier molecular flexibility index (Phi) is 3.91. The number of thioether (sulfide) groups is 1. The molecule has 1 unspecified atom stereocenters. The van der Waals surface area contributed by atoms with Gasteiger partial charge in [0.05, 0.1) is 10.9 Å². The van der Waals surface area contributed by atoms with E-state index < -0.39 is 0 Å². The van der Waals surface area contributed by atoms with Crippen molar-refractivity contribution < 1.29 is 9.59 Å². The van der Waals surface area contributed by atoms with Crippen molar-refractivity contribution in [3.63, 3.8) is 0 Å². The lowest BCUT2D eigenvalue weighted by Gasteiger charge is -2.22. The van der Waals surface area contributed by atoms with E-state index in [1.165, 1.54) is 0 Å². The summed E-state index contributed by atoms with van der Waals surface area (Å²) in [4.78, 5) is 23.5. The largest absolute Gasteiger partial charge is 0.385 e. The van der Waals surface area contributed by atoms with Crippen LogP contribution in [0.5, 0.6) is 0 Å². The normalized spacial score (nSPS) is 17.9. The van der Waals surface area contributed by atoms with Gasteiger partial charge in [-0.05, 0) is 32.0 Å². The lowest BCUT2D eigenvalue weighted by Crippen LogP contribution is -2.26. The molecular formula is C13H16N2O2S. The fraction of sp³-hybridized carbons (Fsp3) is 0.385. The van der Waals surface area contributed by atoms with Crippen molar-refractivity contribution in [2.24, 2.45) is 0 Å². The Balaban J connectivity index is 2.05. The van der Waals surface area contributed by atoms with Gasteiger partial charge in [0, 0.05) is 23.5 Å².